The van der Waals surface area contributed by atoms with Gasteiger partial charge in [-0.1, -0.05) is 11.6 Å². The zero-order chi connectivity index (χ0) is 14.8. The SMILES string of the molecule is O=C1CCN(c2cnn(C3CCCCO3)c(=O)c2Cl)CC1. The van der Waals surface area contributed by atoms with E-state index >= 15 is 0 Å². The number of nitrogens with zero attached hydrogens (tertiary/aromatic N) is 3. The molecule has 0 N–H and O–H groups in total. The van der Waals surface area contributed by atoms with Crippen LogP contribution in [-0.4, -0.2) is 35.3 Å². The van der Waals surface area contributed by atoms with Crippen LogP contribution >= 0.6 is 11.6 Å². The highest BCUT2D eigenvalue weighted by Gasteiger charge is 2.24. The molecular formula is C14H18ClN3O3. The first kappa shape index (κ1) is 14.5. The van der Waals surface area contributed by atoms with Crippen molar-refractivity contribution >= 4 is 23.1 Å². The molecule has 1 aromatic heterocycles. The van der Waals surface area contributed by atoms with Crippen LogP contribution in [-0.2, 0) is 9.53 Å². The quantitative estimate of drug-likeness (QED) is 0.833. The molecule has 2 saturated heterocycles. The first-order valence-corrected chi connectivity index (χ1v) is 7.70. The molecule has 3 rings (SSSR count). The fraction of sp³-hybridized carbons (Fsp3) is 0.643. The number of hydrogen-bond donors (Lipinski definition) is 0. The van der Waals surface area contributed by atoms with E-state index in [1.165, 1.54) is 4.68 Å². The Kier molecular flexibility index (Phi) is 4.26. The molecule has 0 aliphatic carbocycles. The van der Waals surface area contributed by atoms with Crippen molar-refractivity contribution in [2.75, 3.05) is 24.6 Å². The van der Waals surface area contributed by atoms with E-state index in [1.807, 2.05) is 4.90 Å². The topological polar surface area (TPSA) is 64.4 Å². The Morgan fingerprint density at radius 3 is 2.67 bits per heavy atom. The molecule has 0 spiro atoms. The Labute approximate surface area is 127 Å². The number of anilines is 1. The first-order chi connectivity index (χ1) is 10.2. The molecule has 0 aromatic carbocycles. The lowest BCUT2D eigenvalue weighted by Gasteiger charge is -2.29. The lowest BCUT2D eigenvalue weighted by Crippen LogP contribution is -2.37. The van der Waals surface area contributed by atoms with Crippen molar-refractivity contribution in [2.24, 2.45) is 0 Å². The van der Waals surface area contributed by atoms with Gasteiger partial charge in [-0.2, -0.15) is 9.78 Å². The smallest absolute Gasteiger partial charge is 0.290 e. The zero-order valence-electron chi connectivity index (χ0n) is 11.8. The maximum Gasteiger partial charge on any atom is 0.290 e. The highest BCUT2D eigenvalue weighted by Crippen LogP contribution is 2.26. The number of ketones is 1. The summed E-state index contributed by atoms with van der Waals surface area (Å²) in [7, 11) is 0. The third-order valence-corrected chi connectivity index (χ3v) is 4.37. The highest BCUT2D eigenvalue weighted by molar-refractivity contribution is 6.33. The summed E-state index contributed by atoms with van der Waals surface area (Å²) in [6, 6.07) is 0. The molecule has 2 aliphatic rings. The second-order valence-corrected chi connectivity index (χ2v) is 5.82. The Balaban J connectivity index is 1.85. The summed E-state index contributed by atoms with van der Waals surface area (Å²) < 4.78 is 6.92. The van der Waals surface area contributed by atoms with Crippen molar-refractivity contribution in [3.05, 3.63) is 21.6 Å². The van der Waals surface area contributed by atoms with E-state index in [1.54, 1.807) is 6.20 Å². The minimum absolute atomic E-state index is 0.161. The molecule has 0 radical (unpaired) electrons. The Bertz CT molecular complexity index is 586. The standard InChI is InChI=1S/C14H18ClN3O3/c15-13-11(17-6-4-10(19)5-7-17)9-16-18(14(13)20)12-3-1-2-8-21-12/h9,12H,1-8H2. The fourth-order valence-electron chi connectivity index (χ4n) is 2.78. The molecule has 1 aromatic rings. The number of carbonyl (C=O) groups is 1. The van der Waals surface area contributed by atoms with Crippen LogP contribution in [0.2, 0.25) is 5.02 Å². The molecule has 114 valence electrons. The van der Waals surface area contributed by atoms with Gasteiger partial charge in [0.05, 0.1) is 11.9 Å². The largest absolute Gasteiger partial charge is 0.368 e. The van der Waals surface area contributed by atoms with Crippen LogP contribution in [0.5, 0.6) is 0 Å². The molecule has 1 unspecified atom stereocenters. The van der Waals surface area contributed by atoms with Gasteiger partial charge in [-0.3, -0.25) is 9.59 Å². The number of ether oxygens (including phenoxy) is 1. The molecule has 6 nitrogen and oxygen atoms in total. The molecule has 2 aliphatic heterocycles. The van der Waals surface area contributed by atoms with Crippen molar-refractivity contribution in [3.8, 4) is 0 Å². The molecule has 3 heterocycles. The second kappa shape index (κ2) is 6.15. The number of piperidine rings is 1. The molecule has 7 heteroatoms. The van der Waals surface area contributed by atoms with Crippen molar-refractivity contribution in [1.29, 1.82) is 0 Å². The summed E-state index contributed by atoms with van der Waals surface area (Å²) >= 11 is 6.23. The van der Waals surface area contributed by atoms with Crippen molar-refractivity contribution in [1.82, 2.24) is 9.78 Å². The van der Waals surface area contributed by atoms with Crippen molar-refractivity contribution in [3.63, 3.8) is 0 Å². The van der Waals surface area contributed by atoms with Gasteiger partial charge < -0.3 is 9.64 Å². The van der Waals surface area contributed by atoms with Gasteiger partial charge in [-0.15, -0.1) is 0 Å². The van der Waals surface area contributed by atoms with E-state index in [-0.39, 0.29) is 22.6 Å². The predicted octanol–water partition coefficient (Wildman–Crippen LogP) is 1.77. The third-order valence-electron chi connectivity index (χ3n) is 4.02. The summed E-state index contributed by atoms with van der Waals surface area (Å²) in [5.74, 6) is 0.249. The van der Waals surface area contributed by atoms with E-state index in [2.05, 4.69) is 5.10 Å². The summed E-state index contributed by atoms with van der Waals surface area (Å²) in [6.07, 6.45) is 5.08. The number of rotatable bonds is 2. The lowest BCUT2D eigenvalue weighted by molar-refractivity contribution is -0.119. The summed E-state index contributed by atoms with van der Waals surface area (Å²) in [6.45, 7) is 1.82. The van der Waals surface area contributed by atoms with Gasteiger partial charge in [0.15, 0.2) is 6.23 Å². The maximum atomic E-state index is 12.4. The molecule has 2 fully saturated rings. The molecule has 0 saturated carbocycles. The average Bonchev–Trinajstić information content (AvgIpc) is 2.52. The molecule has 21 heavy (non-hydrogen) atoms. The van der Waals surface area contributed by atoms with Crippen LogP contribution in [0.1, 0.15) is 38.3 Å². The van der Waals surface area contributed by atoms with Gasteiger partial charge >= 0.3 is 0 Å². The number of halogens is 1. The molecule has 0 amide bonds. The van der Waals surface area contributed by atoms with E-state index < -0.39 is 0 Å². The summed E-state index contributed by atoms with van der Waals surface area (Å²) in [5.41, 5.74) is 0.291. The fourth-order valence-corrected chi connectivity index (χ4v) is 3.03. The minimum atomic E-state index is -0.321. The number of hydrogen-bond acceptors (Lipinski definition) is 5. The van der Waals surface area contributed by atoms with Crippen LogP contribution in [0, 0.1) is 0 Å². The van der Waals surface area contributed by atoms with Crippen molar-refractivity contribution < 1.29 is 9.53 Å². The van der Waals surface area contributed by atoms with Crippen LogP contribution < -0.4 is 10.5 Å². The highest BCUT2D eigenvalue weighted by atomic mass is 35.5. The normalized spacial score (nSPS) is 23.4. The van der Waals surface area contributed by atoms with Gasteiger partial charge in [0.2, 0.25) is 0 Å². The zero-order valence-corrected chi connectivity index (χ0v) is 12.5. The minimum Gasteiger partial charge on any atom is -0.368 e. The first-order valence-electron chi connectivity index (χ1n) is 7.32. The number of carbonyl (C=O) groups excluding carboxylic acids is 1. The number of aromatic nitrogens is 2. The van der Waals surface area contributed by atoms with Crippen LogP contribution in [0.3, 0.4) is 0 Å². The van der Waals surface area contributed by atoms with Crippen molar-refractivity contribution in [2.45, 2.75) is 38.3 Å². The Hall–Kier alpha value is -1.40. The van der Waals surface area contributed by atoms with Crippen LogP contribution in [0.4, 0.5) is 5.69 Å². The Morgan fingerprint density at radius 1 is 1.24 bits per heavy atom. The number of Topliss-reactive ketones (excluding diaryl/α,β-unsaturated/α-hetero) is 1. The predicted molar refractivity (Wildman–Crippen MR) is 78.8 cm³/mol. The summed E-state index contributed by atoms with van der Waals surface area (Å²) in [5, 5.41) is 4.39. The van der Waals surface area contributed by atoms with Gasteiger partial charge in [0.1, 0.15) is 10.8 Å². The van der Waals surface area contributed by atoms with Crippen LogP contribution in [0.15, 0.2) is 11.0 Å². The lowest BCUT2D eigenvalue weighted by atomic mass is 10.1. The third kappa shape index (κ3) is 2.96. The van der Waals surface area contributed by atoms with Gasteiger partial charge in [0.25, 0.3) is 5.56 Å². The molecular weight excluding hydrogens is 294 g/mol. The average molecular weight is 312 g/mol. The molecule has 0 bridgehead atoms. The van der Waals surface area contributed by atoms with E-state index in [9.17, 15) is 9.59 Å². The van der Waals surface area contributed by atoms with E-state index in [0.29, 0.717) is 38.2 Å². The maximum absolute atomic E-state index is 12.4. The van der Waals surface area contributed by atoms with Gasteiger partial charge in [-0.25, -0.2) is 0 Å². The molecule has 1 atom stereocenters. The van der Waals surface area contributed by atoms with Gasteiger partial charge in [0, 0.05) is 32.5 Å². The second-order valence-electron chi connectivity index (χ2n) is 5.44. The Morgan fingerprint density at radius 2 is 2.00 bits per heavy atom. The van der Waals surface area contributed by atoms with E-state index in [4.69, 9.17) is 16.3 Å². The van der Waals surface area contributed by atoms with E-state index in [0.717, 1.165) is 19.3 Å². The monoisotopic (exact) mass is 311 g/mol. The summed E-state index contributed by atoms with van der Waals surface area (Å²) in [4.78, 5) is 25.6. The van der Waals surface area contributed by atoms with Crippen LogP contribution in [0.25, 0.3) is 0 Å². The van der Waals surface area contributed by atoms with Gasteiger partial charge in [-0.05, 0) is 19.3 Å².